The molecule has 2 aromatic heterocycles. The molecule has 0 fully saturated rings. The summed E-state index contributed by atoms with van der Waals surface area (Å²) < 4.78 is 0. The molecule has 0 aliphatic carbocycles. The lowest BCUT2D eigenvalue weighted by Gasteiger charge is -2.18. The molecule has 0 saturated carbocycles. The minimum Gasteiger partial charge on any atom is -0.386 e. The number of carbonyl (C=O) groups excluding carboxylic acids is 1. The first kappa shape index (κ1) is 17.6. The molecule has 0 aliphatic rings. The van der Waals surface area contributed by atoms with E-state index in [0.717, 1.165) is 27.6 Å². The van der Waals surface area contributed by atoms with Gasteiger partial charge in [0.25, 0.3) is 0 Å². The average molecular weight is 345 g/mol. The number of aromatic nitrogens is 2. The van der Waals surface area contributed by atoms with Crippen molar-refractivity contribution in [3.8, 4) is 17.2 Å². The molecule has 26 heavy (non-hydrogen) atoms. The first-order valence-electron chi connectivity index (χ1n) is 8.23. The van der Waals surface area contributed by atoms with Crippen molar-refractivity contribution in [1.82, 2.24) is 9.97 Å². The maximum atomic E-state index is 11.5. The summed E-state index contributed by atoms with van der Waals surface area (Å²) in [4.78, 5) is 19.0. The van der Waals surface area contributed by atoms with Gasteiger partial charge in [0.05, 0.1) is 11.2 Å². The number of carbonyl (C=O) groups is 1. The van der Waals surface area contributed by atoms with Crippen LogP contribution in [0.4, 0.5) is 0 Å². The lowest BCUT2D eigenvalue weighted by Crippen LogP contribution is -2.15. The molecule has 0 radical (unpaired) electrons. The second-order valence-corrected chi connectivity index (χ2v) is 6.73. The Kier molecular flexibility index (Phi) is 4.45. The van der Waals surface area contributed by atoms with Gasteiger partial charge in [-0.1, -0.05) is 18.2 Å². The molecule has 0 atom stereocenters. The molecule has 3 aromatic rings. The summed E-state index contributed by atoms with van der Waals surface area (Å²) in [7, 11) is 0. The second kappa shape index (κ2) is 6.58. The molecular formula is C21H19N3O2. The van der Waals surface area contributed by atoms with Crippen molar-refractivity contribution in [2.45, 2.75) is 26.4 Å². The summed E-state index contributed by atoms with van der Waals surface area (Å²) in [6.45, 7) is 4.86. The van der Waals surface area contributed by atoms with Crippen LogP contribution in [0.5, 0.6) is 0 Å². The number of benzene rings is 1. The third kappa shape index (κ3) is 3.41. The van der Waals surface area contributed by atoms with Crippen LogP contribution in [0.15, 0.2) is 48.3 Å². The predicted octanol–water partition coefficient (Wildman–Crippen LogP) is 3.95. The van der Waals surface area contributed by atoms with Crippen LogP contribution < -0.4 is 0 Å². The number of allylic oxidation sites excluding steroid dienone is 1. The SMILES string of the molecule is CC(=O)/C(C#N)=C/c1c[nH]c2ncc(-c3cccc(C(C)(C)O)c3)cc12. The number of H-pyrrole nitrogens is 1. The Morgan fingerprint density at radius 2 is 2.08 bits per heavy atom. The molecule has 3 rings (SSSR count). The van der Waals surface area contributed by atoms with Gasteiger partial charge in [0.15, 0.2) is 5.78 Å². The zero-order valence-corrected chi connectivity index (χ0v) is 14.9. The Labute approximate surface area is 151 Å². The van der Waals surface area contributed by atoms with Crippen LogP contribution in [-0.4, -0.2) is 20.9 Å². The van der Waals surface area contributed by atoms with Gasteiger partial charge >= 0.3 is 0 Å². The summed E-state index contributed by atoms with van der Waals surface area (Å²) >= 11 is 0. The number of aliphatic hydroxyl groups is 1. The molecule has 1 aromatic carbocycles. The van der Waals surface area contributed by atoms with Gasteiger partial charge in [-0.05, 0) is 50.1 Å². The maximum Gasteiger partial charge on any atom is 0.170 e. The number of ketones is 1. The fourth-order valence-corrected chi connectivity index (χ4v) is 2.75. The summed E-state index contributed by atoms with van der Waals surface area (Å²) in [6.07, 6.45) is 5.06. The van der Waals surface area contributed by atoms with Crippen molar-refractivity contribution in [1.29, 1.82) is 5.26 Å². The van der Waals surface area contributed by atoms with Crippen molar-refractivity contribution in [3.63, 3.8) is 0 Å². The Balaban J connectivity index is 2.12. The van der Waals surface area contributed by atoms with Crippen LogP contribution >= 0.6 is 0 Å². The normalized spacial score (nSPS) is 12.2. The molecule has 0 unspecified atom stereocenters. The minimum atomic E-state index is -0.932. The Hall–Kier alpha value is -3.23. The van der Waals surface area contributed by atoms with Crippen molar-refractivity contribution in [2.75, 3.05) is 0 Å². The van der Waals surface area contributed by atoms with Gasteiger partial charge in [0.2, 0.25) is 0 Å². The van der Waals surface area contributed by atoms with Crippen LogP contribution in [0.1, 0.15) is 31.9 Å². The smallest absolute Gasteiger partial charge is 0.170 e. The molecule has 2 N–H and O–H groups in total. The highest BCUT2D eigenvalue weighted by atomic mass is 16.3. The predicted molar refractivity (Wildman–Crippen MR) is 101 cm³/mol. The summed E-state index contributed by atoms with van der Waals surface area (Å²) in [5, 5.41) is 20.2. The monoisotopic (exact) mass is 345 g/mol. The number of aromatic amines is 1. The van der Waals surface area contributed by atoms with E-state index in [-0.39, 0.29) is 11.4 Å². The number of hydrogen-bond donors (Lipinski definition) is 2. The molecule has 0 amide bonds. The van der Waals surface area contributed by atoms with E-state index in [4.69, 9.17) is 5.26 Å². The summed E-state index contributed by atoms with van der Waals surface area (Å²) in [6, 6.07) is 11.6. The summed E-state index contributed by atoms with van der Waals surface area (Å²) in [5.74, 6) is -0.274. The van der Waals surface area contributed by atoms with E-state index in [1.807, 2.05) is 36.4 Å². The number of nitrogens with zero attached hydrogens (tertiary/aromatic N) is 2. The van der Waals surface area contributed by atoms with Gasteiger partial charge in [-0.15, -0.1) is 0 Å². The highest BCUT2D eigenvalue weighted by Gasteiger charge is 2.16. The zero-order chi connectivity index (χ0) is 18.9. The van der Waals surface area contributed by atoms with Gasteiger partial charge in [-0.25, -0.2) is 4.98 Å². The fraction of sp³-hybridized carbons (Fsp3) is 0.190. The van der Waals surface area contributed by atoms with Crippen molar-refractivity contribution in [2.24, 2.45) is 0 Å². The van der Waals surface area contributed by atoms with E-state index in [0.29, 0.717) is 5.65 Å². The Morgan fingerprint density at radius 1 is 1.31 bits per heavy atom. The van der Waals surface area contributed by atoms with Crippen molar-refractivity contribution >= 4 is 22.9 Å². The highest BCUT2D eigenvalue weighted by Crippen LogP contribution is 2.29. The fourth-order valence-electron chi connectivity index (χ4n) is 2.75. The average Bonchev–Trinajstić information content (AvgIpc) is 3.00. The van der Waals surface area contributed by atoms with Crippen LogP contribution in [-0.2, 0) is 10.4 Å². The number of fused-ring (bicyclic) bond motifs is 1. The number of Topliss-reactive ketones (excluding diaryl/α,β-unsaturated/α-hetero) is 1. The van der Waals surface area contributed by atoms with Crippen LogP contribution in [0.25, 0.3) is 28.2 Å². The number of pyridine rings is 1. The first-order valence-corrected chi connectivity index (χ1v) is 8.23. The van der Waals surface area contributed by atoms with Gasteiger partial charge < -0.3 is 10.1 Å². The largest absolute Gasteiger partial charge is 0.386 e. The third-order valence-corrected chi connectivity index (χ3v) is 4.27. The second-order valence-electron chi connectivity index (χ2n) is 6.73. The topological polar surface area (TPSA) is 89.8 Å². The Bertz CT molecular complexity index is 1060. The minimum absolute atomic E-state index is 0.0975. The number of nitriles is 1. The molecule has 0 bridgehead atoms. The van der Waals surface area contributed by atoms with E-state index < -0.39 is 5.60 Å². The molecule has 0 spiro atoms. The van der Waals surface area contributed by atoms with E-state index in [2.05, 4.69) is 9.97 Å². The van der Waals surface area contributed by atoms with E-state index in [9.17, 15) is 9.90 Å². The third-order valence-electron chi connectivity index (χ3n) is 4.27. The standard InChI is InChI=1S/C21H19N3O2/c1-13(25)15(10-22)7-17-12-24-20-19(17)9-16(11-23-20)14-5-4-6-18(8-14)21(2,3)26/h4-9,11-12,26H,1-3H3,(H,23,24)/b15-7+. The molecule has 5 nitrogen and oxygen atoms in total. The quantitative estimate of drug-likeness (QED) is 0.553. The highest BCUT2D eigenvalue weighted by molar-refractivity contribution is 6.03. The molecule has 2 heterocycles. The number of rotatable bonds is 4. The van der Waals surface area contributed by atoms with Crippen molar-refractivity contribution < 1.29 is 9.90 Å². The zero-order valence-electron chi connectivity index (χ0n) is 14.9. The number of nitrogens with one attached hydrogen (secondary N) is 1. The van der Waals surface area contributed by atoms with Crippen LogP contribution in [0.2, 0.25) is 0 Å². The Morgan fingerprint density at radius 3 is 2.73 bits per heavy atom. The van der Waals surface area contributed by atoms with Gasteiger partial charge in [-0.2, -0.15) is 5.26 Å². The van der Waals surface area contributed by atoms with Crippen LogP contribution in [0, 0.1) is 11.3 Å². The molecular weight excluding hydrogens is 326 g/mol. The van der Waals surface area contributed by atoms with Crippen LogP contribution in [0.3, 0.4) is 0 Å². The molecule has 0 aliphatic heterocycles. The molecule has 130 valence electrons. The molecule has 0 saturated heterocycles. The molecule has 5 heteroatoms. The lowest BCUT2D eigenvalue weighted by atomic mass is 9.94. The van der Waals surface area contributed by atoms with Gasteiger partial charge in [0.1, 0.15) is 11.7 Å². The lowest BCUT2D eigenvalue weighted by molar-refractivity contribution is -0.113. The van der Waals surface area contributed by atoms with Crippen molar-refractivity contribution in [3.05, 3.63) is 59.4 Å². The van der Waals surface area contributed by atoms with E-state index >= 15 is 0 Å². The van der Waals surface area contributed by atoms with E-state index in [1.54, 1.807) is 32.3 Å². The van der Waals surface area contributed by atoms with Gasteiger partial charge in [-0.3, -0.25) is 4.79 Å². The number of hydrogen-bond acceptors (Lipinski definition) is 4. The van der Waals surface area contributed by atoms with E-state index in [1.165, 1.54) is 6.92 Å². The first-order chi connectivity index (χ1) is 12.3. The maximum absolute atomic E-state index is 11.5. The van der Waals surface area contributed by atoms with Gasteiger partial charge in [0, 0.05) is 28.9 Å². The summed E-state index contributed by atoms with van der Waals surface area (Å²) in [5.41, 5.74) is 3.22.